The number of carbonyl (C=O) groups is 3. The first-order valence-corrected chi connectivity index (χ1v) is 8.44. The Hall–Kier alpha value is -2.99. The second kappa shape index (κ2) is 5.02. The molecule has 1 fully saturated rings. The van der Waals surface area contributed by atoms with Crippen molar-refractivity contribution in [2.75, 3.05) is 0 Å². The molecule has 6 nitrogen and oxygen atoms in total. The van der Waals surface area contributed by atoms with Gasteiger partial charge in [-0.1, -0.05) is 18.2 Å². The van der Waals surface area contributed by atoms with Crippen molar-refractivity contribution in [2.45, 2.75) is 31.0 Å². The number of epoxide rings is 1. The molecule has 0 saturated carbocycles. The summed E-state index contributed by atoms with van der Waals surface area (Å²) in [7, 11) is 0. The first-order valence-electron chi connectivity index (χ1n) is 8.44. The van der Waals surface area contributed by atoms with Crippen LogP contribution in [0.3, 0.4) is 0 Å². The van der Waals surface area contributed by atoms with Crippen LogP contribution >= 0.6 is 0 Å². The van der Waals surface area contributed by atoms with Crippen molar-refractivity contribution in [3.63, 3.8) is 0 Å². The third-order valence-corrected chi connectivity index (χ3v) is 5.48. The standard InChI is InChI=1S/C20H14O6/c21-11-3-1-2-9-8(4-6-12(22)14(9)11)10-5-7-13(23)16-15(10)17(24)19-20(26-19)18(16)25/h1-3,5,7-8,19-21,23H,4,6H2/t8-,19-,20+/m0/s1. The van der Waals surface area contributed by atoms with Crippen LogP contribution < -0.4 is 0 Å². The van der Waals surface area contributed by atoms with Crippen LogP contribution in [0.4, 0.5) is 0 Å². The highest BCUT2D eigenvalue weighted by atomic mass is 16.6. The van der Waals surface area contributed by atoms with Gasteiger partial charge < -0.3 is 14.9 Å². The van der Waals surface area contributed by atoms with Crippen molar-refractivity contribution < 1.29 is 29.3 Å². The summed E-state index contributed by atoms with van der Waals surface area (Å²) in [6, 6.07) is 7.89. The molecule has 3 atom stereocenters. The Labute approximate surface area is 148 Å². The smallest absolute Gasteiger partial charge is 0.199 e. The van der Waals surface area contributed by atoms with E-state index in [1.807, 2.05) is 0 Å². The number of aromatic hydroxyl groups is 2. The predicted molar refractivity (Wildman–Crippen MR) is 88.9 cm³/mol. The number of benzene rings is 2. The summed E-state index contributed by atoms with van der Waals surface area (Å²) < 4.78 is 5.18. The molecule has 0 aromatic heterocycles. The summed E-state index contributed by atoms with van der Waals surface area (Å²) in [5, 5.41) is 20.3. The maximum atomic E-state index is 12.8. The number of hydrogen-bond acceptors (Lipinski definition) is 6. The quantitative estimate of drug-likeness (QED) is 0.765. The molecule has 1 saturated heterocycles. The van der Waals surface area contributed by atoms with Gasteiger partial charge in [-0.05, 0) is 29.7 Å². The van der Waals surface area contributed by atoms with E-state index in [0.717, 1.165) is 0 Å². The molecule has 0 spiro atoms. The van der Waals surface area contributed by atoms with Gasteiger partial charge in [-0.25, -0.2) is 0 Å². The highest BCUT2D eigenvalue weighted by molar-refractivity contribution is 6.22. The maximum absolute atomic E-state index is 12.8. The molecule has 2 aromatic rings. The van der Waals surface area contributed by atoms with Crippen LogP contribution in [0.5, 0.6) is 11.5 Å². The third kappa shape index (κ3) is 1.87. The fourth-order valence-electron chi connectivity index (χ4n) is 4.24. The second-order valence-corrected chi connectivity index (χ2v) is 6.89. The lowest BCUT2D eigenvalue weighted by atomic mass is 9.73. The molecule has 6 heteroatoms. The number of ketones is 3. The van der Waals surface area contributed by atoms with Gasteiger partial charge in [-0.3, -0.25) is 14.4 Å². The minimum Gasteiger partial charge on any atom is -0.507 e. The number of Topliss-reactive ketones (excluding diaryl/α,β-unsaturated/α-hetero) is 3. The molecule has 0 bridgehead atoms. The van der Waals surface area contributed by atoms with Crippen molar-refractivity contribution in [3.05, 3.63) is 58.1 Å². The summed E-state index contributed by atoms with van der Waals surface area (Å²) in [5.41, 5.74) is 1.67. The van der Waals surface area contributed by atoms with Gasteiger partial charge in [0.15, 0.2) is 29.6 Å². The van der Waals surface area contributed by atoms with E-state index in [2.05, 4.69) is 0 Å². The fourth-order valence-corrected chi connectivity index (χ4v) is 4.24. The van der Waals surface area contributed by atoms with Gasteiger partial charge in [0.05, 0.1) is 11.1 Å². The van der Waals surface area contributed by atoms with Crippen LogP contribution in [0.2, 0.25) is 0 Å². The molecule has 0 radical (unpaired) electrons. The Morgan fingerprint density at radius 2 is 1.46 bits per heavy atom. The van der Waals surface area contributed by atoms with Gasteiger partial charge in [0.1, 0.15) is 11.5 Å². The van der Waals surface area contributed by atoms with Gasteiger partial charge in [0, 0.05) is 17.9 Å². The van der Waals surface area contributed by atoms with Crippen LogP contribution in [0, 0.1) is 0 Å². The van der Waals surface area contributed by atoms with Crippen molar-refractivity contribution in [1.29, 1.82) is 0 Å². The average Bonchev–Trinajstić information content (AvgIpc) is 3.42. The van der Waals surface area contributed by atoms with Crippen molar-refractivity contribution in [1.82, 2.24) is 0 Å². The number of fused-ring (bicyclic) bond motifs is 3. The van der Waals surface area contributed by atoms with Crippen LogP contribution in [0.1, 0.15) is 61.0 Å². The molecule has 3 aliphatic rings. The first-order chi connectivity index (χ1) is 12.5. The molecule has 5 rings (SSSR count). The first kappa shape index (κ1) is 15.3. The van der Waals surface area contributed by atoms with Crippen LogP contribution in [-0.2, 0) is 4.74 Å². The lowest BCUT2D eigenvalue weighted by Gasteiger charge is -2.28. The number of ether oxygens (including phenoxy) is 1. The largest absolute Gasteiger partial charge is 0.507 e. The van der Waals surface area contributed by atoms with E-state index < -0.39 is 12.2 Å². The van der Waals surface area contributed by atoms with E-state index in [9.17, 15) is 24.6 Å². The normalized spacial score (nSPS) is 26.2. The molecule has 26 heavy (non-hydrogen) atoms. The molecule has 2 aromatic carbocycles. The number of carbonyl (C=O) groups excluding carboxylic acids is 3. The van der Waals surface area contributed by atoms with E-state index in [0.29, 0.717) is 17.5 Å². The lowest BCUT2D eigenvalue weighted by molar-refractivity contribution is 0.0917. The summed E-state index contributed by atoms with van der Waals surface area (Å²) in [4.78, 5) is 37.5. The highest BCUT2D eigenvalue weighted by Crippen LogP contribution is 2.46. The van der Waals surface area contributed by atoms with Gasteiger partial charge in [0.2, 0.25) is 0 Å². The molecule has 2 aliphatic carbocycles. The summed E-state index contributed by atoms with van der Waals surface area (Å²) >= 11 is 0. The van der Waals surface area contributed by atoms with Crippen LogP contribution in [0.15, 0.2) is 30.3 Å². The topological polar surface area (TPSA) is 104 Å². The zero-order valence-electron chi connectivity index (χ0n) is 13.6. The Morgan fingerprint density at radius 3 is 2.23 bits per heavy atom. The molecule has 0 unspecified atom stereocenters. The minimum atomic E-state index is -0.791. The average molecular weight is 350 g/mol. The van der Waals surface area contributed by atoms with Gasteiger partial charge in [0.25, 0.3) is 0 Å². The molecule has 2 N–H and O–H groups in total. The number of hydrogen-bond donors (Lipinski definition) is 2. The van der Waals surface area contributed by atoms with Crippen molar-refractivity contribution >= 4 is 17.3 Å². The van der Waals surface area contributed by atoms with Gasteiger partial charge in [-0.2, -0.15) is 0 Å². The SMILES string of the molecule is O=C1CC[C@H](c2ccc(O)c3c2C(=O)[C@@H]2O[C@@H]2C3=O)c2cccc(O)c21. The molecular formula is C20H14O6. The van der Waals surface area contributed by atoms with Crippen molar-refractivity contribution in [2.24, 2.45) is 0 Å². The monoisotopic (exact) mass is 350 g/mol. The predicted octanol–water partition coefficient (Wildman–Crippen LogP) is 2.35. The van der Waals surface area contributed by atoms with Gasteiger partial charge in [-0.15, -0.1) is 0 Å². The van der Waals surface area contributed by atoms with Gasteiger partial charge >= 0.3 is 0 Å². The number of phenols is 2. The molecule has 1 heterocycles. The lowest BCUT2D eigenvalue weighted by Crippen LogP contribution is -2.29. The zero-order valence-corrected chi connectivity index (χ0v) is 13.6. The molecule has 1 aliphatic heterocycles. The highest BCUT2D eigenvalue weighted by Gasteiger charge is 2.57. The number of phenolic OH excluding ortho intramolecular Hbond substituents is 2. The molecule has 0 amide bonds. The number of rotatable bonds is 1. The zero-order chi connectivity index (χ0) is 18.2. The van der Waals surface area contributed by atoms with Crippen LogP contribution in [0.25, 0.3) is 0 Å². The summed E-state index contributed by atoms with van der Waals surface area (Å²) in [6.07, 6.45) is -0.872. The van der Waals surface area contributed by atoms with E-state index in [1.165, 1.54) is 12.1 Å². The second-order valence-electron chi connectivity index (χ2n) is 6.89. The van der Waals surface area contributed by atoms with E-state index in [1.54, 1.807) is 18.2 Å². The molecule has 130 valence electrons. The fraction of sp³-hybridized carbons (Fsp3) is 0.250. The summed E-state index contributed by atoms with van der Waals surface area (Å²) in [6.45, 7) is 0. The summed E-state index contributed by atoms with van der Waals surface area (Å²) in [5.74, 6) is -1.48. The molecular weight excluding hydrogens is 336 g/mol. The minimum absolute atomic E-state index is 0.00449. The van der Waals surface area contributed by atoms with E-state index >= 15 is 0 Å². The Morgan fingerprint density at radius 1 is 0.808 bits per heavy atom. The van der Waals surface area contributed by atoms with E-state index in [4.69, 9.17) is 4.74 Å². The Balaban J connectivity index is 1.75. The Kier molecular flexibility index (Phi) is 2.95. The van der Waals surface area contributed by atoms with E-state index in [-0.39, 0.29) is 57.9 Å². The van der Waals surface area contributed by atoms with Crippen molar-refractivity contribution in [3.8, 4) is 11.5 Å². The Bertz CT molecular complexity index is 1020. The van der Waals surface area contributed by atoms with Crippen LogP contribution in [-0.4, -0.2) is 39.8 Å². The third-order valence-electron chi connectivity index (χ3n) is 5.48. The maximum Gasteiger partial charge on any atom is 0.199 e.